The molecule has 0 aliphatic carbocycles. The van der Waals surface area contributed by atoms with Crippen molar-refractivity contribution < 1.29 is 89.1 Å². The van der Waals surface area contributed by atoms with Crippen LogP contribution < -0.4 is 9.47 Å². The lowest BCUT2D eigenvalue weighted by atomic mass is 9.87. The fourth-order valence-corrected chi connectivity index (χ4v) is 5.56. The Labute approximate surface area is 297 Å². The molecule has 0 saturated carbocycles. The second-order valence-corrected chi connectivity index (χ2v) is 13.0. The third-order valence-corrected chi connectivity index (χ3v) is 8.55. The van der Waals surface area contributed by atoms with Crippen molar-refractivity contribution in [2.24, 2.45) is 5.92 Å². The number of aliphatic hydroxyl groups is 10. The lowest BCUT2D eigenvalue weighted by Crippen LogP contribution is -2.60. The number of carbonyl (C=O) groups excluding carboxylic acids is 2. The zero-order valence-corrected chi connectivity index (χ0v) is 28.3. The molecular weight excluding hydrogens is 696 g/mol. The van der Waals surface area contributed by atoms with Gasteiger partial charge in [-0.25, -0.2) is 9.59 Å². The molecule has 2 saturated heterocycles. The Bertz CT molecular complexity index is 1430. The molecule has 2 aromatic rings. The second kappa shape index (κ2) is 18.0. The Kier molecular flexibility index (Phi) is 14.3. The number of hydrogen-bond acceptors (Lipinski definition) is 18. The summed E-state index contributed by atoms with van der Waals surface area (Å²) in [6.45, 7) is 1.26. The standard InChI is InChI=1S/C34H46O18/c1-16(2)11-34(46,33(45)48-15-18-5-9-20(10-6-18)50-32-28(42)26(40)24(38)22(13-36)52-32)29(43)30(44)47-14-17-3-7-19(8-4-17)49-31-27(41)25(39)23(37)21(12-35)51-31/h3-10,16,21-29,31-32,35-43,46H,11-15H2,1-2H3/t21-,22-,23-,24-,25+,26+,27-,28-,29-,31-,32-,34-/m1/s1. The van der Waals surface area contributed by atoms with Crippen LogP contribution in [0.5, 0.6) is 11.5 Å². The number of aliphatic hydroxyl groups excluding tert-OH is 9. The highest BCUT2D eigenvalue weighted by atomic mass is 16.7. The predicted octanol–water partition coefficient (Wildman–Crippen LogP) is -3.03. The SMILES string of the molecule is CC(C)C[C@](O)(C(=O)OCc1ccc(O[C@@H]2O[C@H](CO)[C@@H](O)[C@H](O)[C@H]2O)cc1)[C@H](O)C(=O)OCc1ccc(O[C@@H]2O[C@H](CO)[C@@H](O)[C@H](O)[C@H]2O)cc1. The van der Waals surface area contributed by atoms with Crippen LogP contribution in [0, 0.1) is 5.92 Å². The van der Waals surface area contributed by atoms with Crippen molar-refractivity contribution in [1.29, 1.82) is 0 Å². The van der Waals surface area contributed by atoms with Gasteiger partial charge in [0, 0.05) is 0 Å². The number of benzene rings is 2. The van der Waals surface area contributed by atoms with E-state index in [0.717, 1.165) is 0 Å². The summed E-state index contributed by atoms with van der Waals surface area (Å²) in [6, 6.07) is 11.6. The molecule has 0 amide bonds. The van der Waals surface area contributed by atoms with E-state index in [1.807, 2.05) is 0 Å². The van der Waals surface area contributed by atoms with Gasteiger partial charge in [0.25, 0.3) is 0 Å². The third kappa shape index (κ3) is 9.72. The Hall–Kier alpha value is -3.50. The van der Waals surface area contributed by atoms with Crippen molar-refractivity contribution in [3.8, 4) is 11.5 Å². The monoisotopic (exact) mass is 742 g/mol. The second-order valence-electron chi connectivity index (χ2n) is 13.0. The van der Waals surface area contributed by atoms with Gasteiger partial charge in [-0.15, -0.1) is 0 Å². The van der Waals surface area contributed by atoms with Gasteiger partial charge in [0.05, 0.1) is 13.2 Å². The van der Waals surface area contributed by atoms with Crippen molar-refractivity contribution in [2.75, 3.05) is 13.2 Å². The van der Waals surface area contributed by atoms with Crippen LogP contribution in [-0.4, -0.2) is 149 Å². The largest absolute Gasteiger partial charge is 0.462 e. The van der Waals surface area contributed by atoms with Crippen LogP contribution in [0.2, 0.25) is 0 Å². The molecule has 0 bridgehead atoms. The zero-order valence-electron chi connectivity index (χ0n) is 28.3. The fourth-order valence-electron chi connectivity index (χ4n) is 5.56. The van der Waals surface area contributed by atoms with E-state index in [4.69, 9.17) is 28.4 Å². The maximum Gasteiger partial charge on any atom is 0.341 e. The molecule has 290 valence electrons. The molecule has 0 unspecified atom stereocenters. The highest BCUT2D eigenvalue weighted by molar-refractivity contribution is 5.89. The molecule has 18 heteroatoms. The smallest absolute Gasteiger partial charge is 0.341 e. The van der Waals surface area contributed by atoms with Gasteiger partial charge in [0.2, 0.25) is 12.6 Å². The maximum atomic E-state index is 13.1. The van der Waals surface area contributed by atoms with Gasteiger partial charge in [-0.1, -0.05) is 38.1 Å². The number of hydrogen-bond donors (Lipinski definition) is 10. The van der Waals surface area contributed by atoms with Crippen LogP contribution in [0.15, 0.2) is 48.5 Å². The number of carbonyl (C=O) groups is 2. The predicted molar refractivity (Wildman–Crippen MR) is 172 cm³/mol. The topological polar surface area (TPSA) is 292 Å². The van der Waals surface area contributed by atoms with E-state index >= 15 is 0 Å². The van der Waals surface area contributed by atoms with E-state index < -0.39 is 105 Å². The summed E-state index contributed by atoms with van der Waals surface area (Å²) in [5.41, 5.74) is -1.88. The first kappa shape index (κ1) is 41.3. The summed E-state index contributed by atoms with van der Waals surface area (Å²) in [7, 11) is 0. The minimum atomic E-state index is -2.68. The fraction of sp³-hybridized carbons (Fsp3) is 0.588. The van der Waals surface area contributed by atoms with Crippen molar-refractivity contribution in [3.63, 3.8) is 0 Å². The average molecular weight is 743 g/mol. The minimum Gasteiger partial charge on any atom is -0.462 e. The maximum absolute atomic E-state index is 13.1. The van der Waals surface area contributed by atoms with Crippen LogP contribution in [0.1, 0.15) is 31.4 Å². The van der Waals surface area contributed by atoms with Gasteiger partial charge in [0.1, 0.15) is 73.5 Å². The summed E-state index contributed by atoms with van der Waals surface area (Å²) in [5, 5.41) is 101. The highest BCUT2D eigenvalue weighted by Gasteiger charge is 2.50. The highest BCUT2D eigenvalue weighted by Crippen LogP contribution is 2.28. The summed E-state index contributed by atoms with van der Waals surface area (Å²) in [4.78, 5) is 26.0. The van der Waals surface area contributed by atoms with Crippen LogP contribution in [-0.2, 0) is 41.8 Å². The number of ether oxygens (including phenoxy) is 6. The molecule has 0 radical (unpaired) electrons. The van der Waals surface area contributed by atoms with Gasteiger partial charge in [-0.2, -0.15) is 0 Å². The molecule has 2 fully saturated rings. The summed E-state index contributed by atoms with van der Waals surface area (Å²) >= 11 is 0. The van der Waals surface area contributed by atoms with Crippen molar-refractivity contribution >= 4 is 11.9 Å². The molecule has 52 heavy (non-hydrogen) atoms. The van der Waals surface area contributed by atoms with E-state index in [1.165, 1.54) is 48.5 Å². The normalized spacial score (nSPS) is 30.9. The molecule has 2 aliphatic heterocycles. The average Bonchev–Trinajstić information content (AvgIpc) is 3.13. The van der Waals surface area contributed by atoms with Gasteiger partial charge in [-0.05, 0) is 47.7 Å². The minimum absolute atomic E-state index is 0.157. The molecule has 2 heterocycles. The molecule has 18 nitrogen and oxygen atoms in total. The van der Waals surface area contributed by atoms with Crippen LogP contribution in [0.4, 0.5) is 0 Å². The summed E-state index contributed by atoms with van der Waals surface area (Å²) in [6.07, 6.45) is -17.5. The Balaban J connectivity index is 1.31. The van der Waals surface area contributed by atoms with E-state index in [1.54, 1.807) is 13.8 Å². The van der Waals surface area contributed by atoms with Gasteiger partial charge in [0.15, 0.2) is 11.7 Å². The van der Waals surface area contributed by atoms with Crippen molar-refractivity contribution in [1.82, 2.24) is 0 Å². The number of esters is 2. The molecule has 10 N–H and O–H groups in total. The van der Waals surface area contributed by atoms with Crippen molar-refractivity contribution in [2.45, 2.75) is 107 Å². The summed E-state index contributed by atoms with van der Waals surface area (Å²) in [5.74, 6) is -2.66. The van der Waals surface area contributed by atoms with Gasteiger partial charge < -0.3 is 79.5 Å². The zero-order chi connectivity index (χ0) is 38.3. The molecule has 0 spiro atoms. The Morgan fingerprint density at radius 1 is 0.673 bits per heavy atom. The molecule has 2 aromatic carbocycles. The lowest BCUT2D eigenvalue weighted by Gasteiger charge is -2.39. The Morgan fingerprint density at radius 2 is 1.08 bits per heavy atom. The van der Waals surface area contributed by atoms with E-state index in [0.29, 0.717) is 11.1 Å². The molecule has 2 aliphatic rings. The summed E-state index contributed by atoms with van der Waals surface area (Å²) < 4.78 is 32.1. The van der Waals surface area contributed by atoms with Crippen LogP contribution >= 0.6 is 0 Å². The van der Waals surface area contributed by atoms with E-state index in [-0.39, 0.29) is 30.4 Å². The number of rotatable bonds is 15. The van der Waals surface area contributed by atoms with Crippen LogP contribution in [0.3, 0.4) is 0 Å². The first-order chi connectivity index (χ1) is 24.6. The third-order valence-electron chi connectivity index (χ3n) is 8.55. The molecule has 0 aromatic heterocycles. The van der Waals surface area contributed by atoms with E-state index in [9.17, 15) is 60.7 Å². The van der Waals surface area contributed by atoms with Gasteiger partial charge in [-0.3, -0.25) is 0 Å². The molecule has 4 rings (SSSR count). The first-order valence-corrected chi connectivity index (χ1v) is 16.5. The molecular formula is C34H46O18. The van der Waals surface area contributed by atoms with Crippen molar-refractivity contribution in [3.05, 3.63) is 59.7 Å². The Morgan fingerprint density at radius 3 is 1.46 bits per heavy atom. The lowest BCUT2D eigenvalue weighted by molar-refractivity contribution is -0.277. The van der Waals surface area contributed by atoms with Crippen LogP contribution in [0.25, 0.3) is 0 Å². The first-order valence-electron chi connectivity index (χ1n) is 16.5. The molecule has 12 atom stereocenters. The van der Waals surface area contributed by atoms with E-state index in [2.05, 4.69) is 0 Å². The quantitative estimate of drug-likeness (QED) is 0.0812. The van der Waals surface area contributed by atoms with Gasteiger partial charge >= 0.3 is 11.9 Å².